The molecule has 0 aromatic heterocycles. The van der Waals surface area contributed by atoms with Crippen LogP contribution in [-0.4, -0.2) is 51.2 Å². The molecule has 0 radical (unpaired) electrons. The summed E-state index contributed by atoms with van der Waals surface area (Å²) >= 11 is 0. The average molecular weight is 245 g/mol. The molecule has 0 spiro atoms. The van der Waals surface area contributed by atoms with Crippen molar-refractivity contribution in [3.05, 3.63) is 0 Å². The fourth-order valence-electron chi connectivity index (χ4n) is 2.31. The first kappa shape index (κ1) is 14.9. The van der Waals surface area contributed by atoms with Crippen LogP contribution in [0.15, 0.2) is 0 Å². The monoisotopic (exact) mass is 245 g/mol. The van der Waals surface area contributed by atoms with Gasteiger partial charge in [-0.3, -0.25) is 0 Å². The van der Waals surface area contributed by atoms with Gasteiger partial charge in [0.25, 0.3) is 0 Å². The van der Waals surface area contributed by atoms with Crippen molar-refractivity contribution in [2.24, 2.45) is 5.92 Å². The van der Waals surface area contributed by atoms with E-state index in [0.29, 0.717) is 5.92 Å². The first-order valence-electron chi connectivity index (χ1n) is 6.78. The zero-order chi connectivity index (χ0) is 12.3. The van der Waals surface area contributed by atoms with Crippen LogP contribution in [-0.2, 0) is 9.47 Å². The lowest BCUT2D eigenvalue weighted by molar-refractivity contribution is 0.0935. The number of rotatable bonds is 9. The molecule has 1 rings (SSSR count). The molecule has 0 saturated heterocycles. The third kappa shape index (κ3) is 7.71. The molecule has 1 aliphatic rings. The van der Waals surface area contributed by atoms with Crippen molar-refractivity contribution >= 4 is 0 Å². The third-order valence-electron chi connectivity index (χ3n) is 3.25. The topological polar surface area (TPSA) is 50.7 Å². The summed E-state index contributed by atoms with van der Waals surface area (Å²) < 4.78 is 10.4. The standard InChI is InChI=1S/C13H27NO3/c1-16-7-3-8-17-9-6-14-11-12-4-2-5-13(15)10-12/h12-15H,2-11H2,1H3. The van der Waals surface area contributed by atoms with E-state index >= 15 is 0 Å². The summed E-state index contributed by atoms with van der Waals surface area (Å²) in [5.74, 6) is 0.646. The van der Waals surface area contributed by atoms with Gasteiger partial charge in [-0.05, 0) is 38.1 Å². The largest absolute Gasteiger partial charge is 0.393 e. The highest BCUT2D eigenvalue weighted by Crippen LogP contribution is 2.23. The maximum absolute atomic E-state index is 9.54. The average Bonchev–Trinajstić information content (AvgIpc) is 2.33. The number of hydrogen-bond acceptors (Lipinski definition) is 4. The number of nitrogens with one attached hydrogen (secondary N) is 1. The molecule has 102 valence electrons. The van der Waals surface area contributed by atoms with Gasteiger partial charge in [-0.15, -0.1) is 0 Å². The van der Waals surface area contributed by atoms with Crippen molar-refractivity contribution in [3.63, 3.8) is 0 Å². The lowest BCUT2D eigenvalue weighted by atomic mass is 9.87. The molecule has 0 bridgehead atoms. The lowest BCUT2D eigenvalue weighted by Crippen LogP contribution is -2.31. The molecule has 0 aromatic rings. The number of methoxy groups -OCH3 is 1. The van der Waals surface area contributed by atoms with E-state index < -0.39 is 0 Å². The zero-order valence-electron chi connectivity index (χ0n) is 11.0. The molecule has 1 fully saturated rings. The van der Waals surface area contributed by atoms with Gasteiger partial charge >= 0.3 is 0 Å². The van der Waals surface area contributed by atoms with Gasteiger partial charge in [0.1, 0.15) is 0 Å². The molecule has 0 amide bonds. The molecule has 2 N–H and O–H groups in total. The van der Waals surface area contributed by atoms with Crippen molar-refractivity contribution in [1.82, 2.24) is 5.32 Å². The summed E-state index contributed by atoms with van der Waals surface area (Å²) in [6.45, 7) is 4.22. The highest BCUT2D eigenvalue weighted by molar-refractivity contribution is 4.73. The summed E-state index contributed by atoms with van der Waals surface area (Å²) in [6, 6.07) is 0. The van der Waals surface area contributed by atoms with Gasteiger partial charge in [0.05, 0.1) is 12.7 Å². The number of aliphatic hydroxyl groups is 1. The molecule has 1 aliphatic carbocycles. The van der Waals surface area contributed by atoms with Gasteiger partial charge in [0.2, 0.25) is 0 Å². The van der Waals surface area contributed by atoms with E-state index in [4.69, 9.17) is 9.47 Å². The van der Waals surface area contributed by atoms with Gasteiger partial charge in [0.15, 0.2) is 0 Å². The first-order chi connectivity index (χ1) is 8.33. The molecule has 4 nitrogen and oxygen atoms in total. The van der Waals surface area contributed by atoms with Crippen LogP contribution in [0.25, 0.3) is 0 Å². The second kappa shape index (κ2) is 9.83. The fraction of sp³-hybridized carbons (Fsp3) is 1.00. The Labute approximate surface area is 105 Å². The summed E-state index contributed by atoms with van der Waals surface area (Å²) in [4.78, 5) is 0. The van der Waals surface area contributed by atoms with Crippen LogP contribution >= 0.6 is 0 Å². The fourth-order valence-corrected chi connectivity index (χ4v) is 2.31. The van der Waals surface area contributed by atoms with Crippen molar-refractivity contribution in [1.29, 1.82) is 0 Å². The Kier molecular flexibility index (Phi) is 8.61. The van der Waals surface area contributed by atoms with E-state index in [0.717, 1.165) is 52.2 Å². The van der Waals surface area contributed by atoms with Crippen LogP contribution in [0.2, 0.25) is 0 Å². The van der Waals surface area contributed by atoms with Crippen LogP contribution in [0.5, 0.6) is 0 Å². The molecule has 0 aromatic carbocycles. The minimum absolute atomic E-state index is 0.0687. The van der Waals surface area contributed by atoms with Gasteiger partial charge in [-0.1, -0.05) is 6.42 Å². The smallest absolute Gasteiger partial charge is 0.0590 e. The van der Waals surface area contributed by atoms with Crippen LogP contribution in [0, 0.1) is 5.92 Å². The SMILES string of the molecule is COCCCOCCNCC1CCCC(O)C1. The third-order valence-corrected chi connectivity index (χ3v) is 3.25. The Bertz CT molecular complexity index is 178. The van der Waals surface area contributed by atoms with Crippen molar-refractivity contribution in [3.8, 4) is 0 Å². The highest BCUT2D eigenvalue weighted by atomic mass is 16.5. The van der Waals surface area contributed by atoms with Crippen molar-refractivity contribution in [2.45, 2.75) is 38.2 Å². The zero-order valence-corrected chi connectivity index (χ0v) is 11.0. The minimum atomic E-state index is -0.0687. The Morgan fingerprint density at radius 3 is 2.88 bits per heavy atom. The Balaban J connectivity index is 1.83. The molecule has 17 heavy (non-hydrogen) atoms. The summed E-state index contributed by atoms with van der Waals surface area (Å²) in [6.07, 6.45) is 5.26. The maximum atomic E-state index is 9.54. The quantitative estimate of drug-likeness (QED) is 0.599. The molecular formula is C13H27NO3. The number of aliphatic hydroxyl groups excluding tert-OH is 1. The van der Waals surface area contributed by atoms with Gasteiger partial charge in [-0.25, -0.2) is 0 Å². The molecule has 0 heterocycles. The van der Waals surface area contributed by atoms with E-state index in [1.807, 2.05) is 0 Å². The molecule has 2 unspecified atom stereocenters. The van der Waals surface area contributed by atoms with E-state index in [2.05, 4.69) is 5.32 Å². The van der Waals surface area contributed by atoms with Gasteiger partial charge in [-0.2, -0.15) is 0 Å². The number of hydrogen-bond donors (Lipinski definition) is 2. The van der Waals surface area contributed by atoms with Crippen LogP contribution in [0.1, 0.15) is 32.1 Å². The predicted octanol–water partition coefficient (Wildman–Crippen LogP) is 1.18. The van der Waals surface area contributed by atoms with Crippen molar-refractivity contribution in [2.75, 3.05) is 40.0 Å². The second-order valence-electron chi connectivity index (χ2n) is 4.85. The van der Waals surface area contributed by atoms with Gasteiger partial charge in [0, 0.05) is 26.9 Å². The molecule has 4 heteroatoms. The summed E-state index contributed by atoms with van der Waals surface area (Å²) in [5.41, 5.74) is 0. The Morgan fingerprint density at radius 2 is 2.12 bits per heavy atom. The molecular weight excluding hydrogens is 218 g/mol. The van der Waals surface area contributed by atoms with E-state index in [9.17, 15) is 5.11 Å². The molecule has 0 aliphatic heterocycles. The maximum Gasteiger partial charge on any atom is 0.0590 e. The van der Waals surface area contributed by atoms with E-state index in [1.54, 1.807) is 7.11 Å². The summed E-state index contributed by atoms with van der Waals surface area (Å²) in [7, 11) is 1.71. The van der Waals surface area contributed by atoms with E-state index in [1.165, 1.54) is 12.8 Å². The van der Waals surface area contributed by atoms with Crippen molar-refractivity contribution < 1.29 is 14.6 Å². The summed E-state index contributed by atoms with van der Waals surface area (Å²) in [5, 5.41) is 12.9. The Morgan fingerprint density at radius 1 is 1.24 bits per heavy atom. The lowest BCUT2D eigenvalue weighted by Gasteiger charge is -2.25. The predicted molar refractivity (Wildman–Crippen MR) is 68.1 cm³/mol. The number of ether oxygens (including phenoxy) is 2. The first-order valence-corrected chi connectivity index (χ1v) is 6.78. The second-order valence-corrected chi connectivity index (χ2v) is 4.85. The van der Waals surface area contributed by atoms with E-state index in [-0.39, 0.29) is 6.10 Å². The minimum Gasteiger partial charge on any atom is -0.393 e. The van der Waals surface area contributed by atoms with Crippen LogP contribution in [0.3, 0.4) is 0 Å². The Hall–Kier alpha value is -0.160. The highest BCUT2D eigenvalue weighted by Gasteiger charge is 2.19. The molecule has 2 atom stereocenters. The molecule has 1 saturated carbocycles. The van der Waals surface area contributed by atoms with Crippen LogP contribution < -0.4 is 5.32 Å². The normalized spacial score (nSPS) is 25.1. The van der Waals surface area contributed by atoms with Gasteiger partial charge < -0.3 is 19.9 Å². The van der Waals surface area contributed by atoms with Crippen LogP contribution in [0.4, 0.5) is 0 Å².